The van der Waals surface area contributed by atoms with Crippen LogP contribution in [0.4, 0.5) is 0 Å². The number of amidine groups is 1. The Kier molecular flexibility index (Phi) is 11.9. The highest BCUT2D eigenvalue weighted by atomic mass is 32.2. The maximum atomic E-state index is 10.5. The summed E-state index contributed by atoms with van der Waals surface area (Å²) in [6.07, 6.45) is 7.08. The Labute approximate surface area is 206 Å². The van der Waals surface area contributed by atoms with Crippen molar-refractivity contribution in [2.24, 2.45) is 4.99 Å². The quantitative estimate of drug-likeness (QED) is 0.490. The van der Waals surface area contributed by atoms with Crippen LogP contribution in [-0.2, 0) is 17.9 Å². The summed E-state index contributed by atoms with van der Waals surface area (Å²) in [5, 5.41) is 8.15. The van der Waals surface area contributed by atoms with Gasteiger partial charge in [-0.15, -0.1) is 6.58 Å². The lowest BCUT2D eigenvalue weighted by molar-refractivity contribution is -0.119. The largest absolute Gasteiger partial charge is 0.351 e. The Morgan fingerprint density at radius 2 is 1.91 bits per heavy atom. The van der Waals surface area contributed by atoms with Crippen LogP contribution in [0.5, 0.6) is 0 Å². The number of aromatic nitrogens is 2. The molecule has 0 atom stereocenters. The molecule has 0 saturated heterocycles. The van der Waals surface area contributed by atoms with Crippen molar-refractivity contribution in [3.8, 4) is 0 Å². The number of carbonyl (C=O) groups is 1. The number of benzene rings is 1. The van der Waals surface area contributed by atoms with Gasteiger partial charge in [0.2, 0.25) is 5.91 Å². The molecule has 2 N–H and O–H groups in total. The molecule has 3 heterocycles. The number of nitrogens with zero attached hydrogens (tertiary/aromatic N) is 3. The fourth-order valence-corrected chi connectivity index (χ4v) is 3.52. The van der Waals surface area contributed by atoms with Crippen LogP contribution < -0.4 is 10.6 Å². The van der Waals surface area contributed by atoms with Crippen molar-refractivity contribution in [3.63, 3.8) is 0 Å². The molecule has 2 aromatic heterocycles. The highest BCUT2D eigenvalue weighted by Gasteiger charge is 2.12. The fourth-order valence-electron chi connectivity index (χ4n) is 2.70. The third-order valence-electron chi connectivity index (χ3n) is 4.21. The number of hydrogen-bond donors (Lipinski definition) is 2. The summed E-state index contributed by atoms with van der Waals surface area (Å²) in [6.45, 7) is 9.93. The molecule has 7 heteroatoms. The van der Waals surface area contributed by atoms with Gasteiger partial charge in [-0.1, -0.05) is 48.2 Å². The minimum absolute atomic E-state index is 0.0318. The van der Waals surface area contributed by atoms with Gasteiger partial charge in [0, 0.05) is 41.7 Å². The number of nitrogens with one attached hydrogen (secondary N) is 2. The molecule has 1 aliphatic heterocycles. The highest BCUT2D eigenvalue weighted by molar-refractivity contribution is 8.02. The van der Waals surface area contributed by atoms with Crippen LogP contribution in [0.3, 0.4) is 0 Å². The fraction of sp³-hybridized carbons (Fsp3) is 0.185. The zero-order valence-corrected chi connectivity index (χ0v) is 20.7. The number of rotatable bonds is 4. The molecule has 3 aromatic rings. The average Bonchev–Trinajstić information content (AvgIpc) is 3.02. The van der Waals surface area contributed by atoms with Gasteiger partial charge in [-0.05, 0) is 49.1 Å². The summed E-state index contributed by atoms with van der Waals surface area (Å²) in [7, 11) is 0. The van der Waals surface area contributed by atoms with E-state index in [2.05, 4.69) is 57.7 Å². The van der Waals surface area contributed by atoms with Gasteiger partial charge in [-0.3, -0.25) is 19.8 Å². The first kappa shape index (κ1) is 26.5. The SMILES string of the molecule is C=CC.CC(=O)NCc1ccccn1.CC1=CSc2ccccc2C(=NCc2cccnc2)N1. The second-order valence-corrected chi connectivity index (χ2v) is 8.12. The lowest BCUT2D eigenvalue weighted by atomic mass is 10.2. The zero-order chi connectivity index (χ0) is 24.6. The van der Waals surface area contributed by atoms with Crippen LogP contribution in [0.2, 0.25) is 0 Å². The predicted octanol–water partition coefficient (Wildman–Crippen LogP) is 5.50. The molecule has 0 aliphatic carbocycles. The van der Waals surface area contributed by atoms with Crippen molar-refractivity contribution < 1.29 is 4.79 Å². The second kappa shape index (κ2) is 15.2. The molecule has 0 fully saturated rings. The van der Waals surface area contributed by atoms with Gasteiger partial charge >= 0.3 is 0 Å². The minimum Gasteiger partial charge on any atom is -0.351 e. The maximum Gasteiger partial charge on any atom is 0.217 e. The highest BCUT2D eigenvalue weighted by Crippen LogP contribution is 2.27. The van der Waals surface area contributed by atoms with E-state index in [0.29, 0.717) is 13.1 Å². The Bertz CT molecular complexity index is 1100. The molecule has 1 aliphatic rings. The van der Waals surface area contributed by atoms with Gasteiger partial charge in [-0.2, -0.15) is 0 Å². The Hall–Kier alpha value is -3.71. The molecule has 0 spiro atoms. The van der Waals surface area contributed by atoms with E-state index in [1.54, 1.807) is 30.2 Å². The summed E-state index contributed by atoms with van der Waals surface area (Å²) < 4.78 is 0. The van der Waals surface area contributed by atoms with Crippen LogP contribution in [0.15, 0.2) is 107 Å². The van der Waals surface area contributed by atoms with E-state index >= 15 is 0 Å². The monoisotopic (exact) mass is 473 g/mol. The van der Waals surface area contributed by atoms with Gasteiger partial charge in [0.25, 0.3) is 0 Å². The summed E-state index contributed by atoms with van der Waals surface area (Å²) in [4.78, 5) is 24.6. The summed E-state index contributed by atoms with van der Waals surface area (Å²) in [6, 6.07) is 17.9. The van der Waals surface area contributed by atoms with E-state index in [1.807, 2.05) is 49.5 Å². The molecule has 176 valence electrons. The number of thioether (sulfide) groups is 1. The lowest BCUT2D eigenvalue weighted by Gasteiger charge is -2.10. The topological polar surface area (TPSA) is 79.3 Å². The number of pyridine rings is 2. The molecule has 6 nitrogen and oxygen atoms in total. The van der Waals surface area contributed by atoms with Crippen molar-refractivity contribution in [2.75, 3.05) is 0 Å². The molecular formula is C27H31N5OS. The van der Waals surface area contributed by atoms with Crippen LogP contribution in [0.1, 0.15) is 37.6 Å². The number of fused-ring (bicyclic) bond motifs is 1. The normalized spacial score (nSPS) is 12.8. The first-order valence-electron chi connectivity index (χ1n) is 10.9. The molecule has 0 unspecified atom stereocenters. The molecular weight excluding hydrogens is 442 g/mol. The van der Waals surface area contributed by atoms with Crippen molar-refractivity contribution in [1.29, 1.82) is 0 Å². The Morgan fingerprint density at radius 1 is 1.15 bits per heavy atom. The van der Waals surface area contributed by atoms with E-state index in [-0.39, 0.29) is 5.91 Å². The zero-order valence-electron chi connectivity index (χ0n) is 19.9. The number of amides is 1. The molecule has 34 heavy (non-hydrogen) atoms. The van der Waals surface area contributed by atoms with Crippen LogP contribution in [-0.4, -0.2) is 21.7 Å². The van der Waals surface area contributed by atoms with Crippen molar-refractivity contribution in [2.45, 2.75) is 38.8 Å². The van der Waals surface area contributed by atoms with Crippen molar-refractivity contribution in [1.82, 2.24) is 20.6 Å². The summed E-state index contributed by atoms with van der Waals surface area (Å²) in [5.41, 5.74) is 4.24. The number of hydrogen-bond acceptors (Lipinski definition) is 5. The van der Waals surface area contributed by atoms with Gasteiger partial charge in [0.05, 0.1) is 18.8 Å². The Morgan fingerprint density at radius 3 is 2.59 bits per heavy atom. The first-order chi connectivity index (χ1) is 16.5. The molecule has 1 aromatic carbocycles. The third kappa shape index (κ3) is 9.83. The molecule has 4 rings (SSSR count). The van der Waals surface area contributed by atoms with E-state index in [4.69, 9.17) is 4.99 Å². The number of carbonyl (C=O) groups excluding carboxylic acids is 1. The molecule has 1 amide bonds. The van der Waals surface area contributed by atoms with E-state index < -0.39 is 0 Å². The Balaban J connectivity index is 0.000000247. The van der Waals surface area contributed by atoms with E-state index in [1.165, 1.54) is 11.8 Å². The summed E-state index contributed by atoms with van der Waals surface area (Å²) in [5.74, 6) is 0.888. The molecule has 0 bridgehead atoms. The van der Waals surface area contributed by atoms with Gasteiger partial charge in [-0.25, -0.2) is 0 Å². The van der Waals surface area contributed by atoms with Crippen LogP contribution >= 0.6 is 11.8 Å². The molecule has 0 saturated carbocycles. The molecule has 0 radical (unpaired) electrons. The smallest absolute Gasteiger partial charge is 0.217 e. The maximum absolute atomic E-state index is 10.5. The summed E-state index contributed by atoms with van der Waals surface area (Å²) >= 11 is 1.73. The third-order valence-corrected chi connectivity index (χ3v) is 5.29. The van der Waals surface area contributed by atoms with E-state index in [0.717, 1.165) is 28.4 Å². The minimum atomic E-state index is -0.0318. The number of aliphatic imine (C=N–C) groups is 1. The second-order valence-electron chi connectivity index (χ2n) is 7.21. The lowest BCUT2D eigenvalue weighted by Crippen LogP contribution is -2.22. The van der Waals surface area contributed by atoms with Crippen LogP contribution in [0, 0.1) is 0 Å². The van der Waals surface area contributed by atoms with Crippen LogP contribution in [0.25, 0.3) is 0 Å². The predicted molar refractivity (Wildman–Crippen MR) is 141 cm³/mol. The first-order valence-corrected chi connectivity index (χ1v) is 11.8. The van der Waals surface area contributed by atoms with E-state index in [9.17, 15) is 4.79 Å². The standard InChI is InChI=1S/C16H15N3S.C8H10N2O.C3H6/c1-12-11-20-15-7-3-2-6-14(15)16(19-12)18-10-13-5-4-8-17-9-13;1-7(11)10-6-8-4-2-3-5-9-8;1-3-2/h2-9,11H,10H2,1H3,(H,18,19);2-5H,6H2,1H3,(H,10,11);3H,1H2,2H3. The average molecular weight is 474 g/mol. The van der Waals surface area contributed by atoms with Gasteiger partial charge in [0.15, 0.2) is 0 Å². The van der Waals surface area contributed by atoms with Gasteiger partial charge < -0.3 is 10.6 Å². The number of allylic oxidation sites excluding steroid dienone is 2. The van der Waals surface area contributed by atoms with Crippen molar-refractivity contribution in [3.05, 3.63) is 114 Å². The van der Waals surface area contributed by atoms with Crippen molar-refractivity contribution >= 4 is 23.5 Å². The van der Waals surface area contributed by atoms with Gasteiger partial charge in [0.1, 0.15) is 5.84 Å².